The van der Waals surface area contributed by atoms with Gasteiger partial charge in [-0.25, -0.2) is 9.78 Å². The second kappa shape index (κ2) is 8.12. The number of benzene rings is 2. The topological polar surface area (TPSA) is 79.3 Å². The molecule has 1 aromatic heterocycles. The molecule has 3 rings (SSSR count). The lowest BCUT2D eigenvalue weighted by atomic mass is 10.1. The average Bonchev–Trinajstić information content (AvgIpc) is 3.09. The summed E-state index contributed by atoms with van der Waals surface area (Å²) < 4.78 is 0. The van der Waals surface area contributed by atoms with E-state index < -0.39 is 17.9 Å². The Kier molecular flexibility index (Phi) is 5.65. The molecule has 26 heavy (non-hydrogen) atoms. The fourth-order valence-corrected chi connectivity index (χ4v) is 3.37. The van der Waals surface area contributed by atoms with E-state index in [1.54, 1.807) is 47.8 Å². The number of carbonyl (C=O) groups is 2. The predicted octanol–water partition coefficient (Wildman–Crippen LogP) is 3.95. The molecular weight excluding hydrogens is 372 g/mol. The quantitative estimate of drug-likeness (QED) is 0.672. The minimum Gasteiger partial charge on any atom is -0.479 e. The standard InChI is InChI=1S/C19H15ClN2O3S/c20-14-8-6-13(7-9-14)18-21-15(11-26-18)10-16(23)22-17(19(24)25)12-4-2-1-3-5-12/h1-9,11,17H,10H2,(H,22,23)(H,24,25)/t17-/m0/s1. The molecule has 0 saturated heterocycles. The van der Waals surface area contributed by atoms with Gasteiger partial charge in [-0.15, -0.1) is 11.3 Å². The highest BCUT2D eigenvalue weighted by Gasteiger charge is 2.22. The van der Waals surface area contributed by atoms with Gasteiger partial charge in [-0.3, -0.25) is 4.79 Å². The minimum atomic E-state index is -1.11. The van der Waals surface area contributed by atoms with Crippen LogP contribution in [0.25, 0.3) is 10.6 Å². The number of aliphatic carboxylic acids is 1. The van der Waals surface area contributed by atoms with Gasteiger partial charge >= 0.3 is 5.97 Å². The van der Waals surface area contributed by atoms with Crippen molar-refractivity contribution >= 4 is 34.8 Å². The normalized spacial score (nSPS) is 11.7. The van der Waals surface area contributed by atoms with Gasteiger partial charge in [0.15, 0.2) is 6.04 Å². The van der Waals surface area contributed by atoms with E-state index in [0.717, 1.165) is 10.6 Å². The number of nitrogens with zero attached hydrogens (tertiary/aromatic N) is 1. The molecule has 1 heterocycles. The van der Waals surface area contributed by atoms with Gasteiger partial charge in [-0.2, -0.15) is 0 Å². The molecule has 2 N–H and O–H groups in total. The van der Waals surface area contributed by atoms with E-state index >= 15 is 0 Å². The van der Waals surface area contributed by atoms with Gasteiger partial charge in [0.05, 0.1) is 12.1 Å². The molecule has 5 nitrogen and oxygen atoms in total. The van der Waals surface area contributed by atoms with E-state index in [9.17, 15) is 14.7 Å². The summed E-state index contributed by atoms with van der Waals surface area (Å²) in [5.41, 5.74) is 2.03. The molecule has 0 aliphatic carbocycles. The number of thiazole rings is 1. The monoisotopic (exact) mass is 386 g/mol. The number of halogens is 1. The Bertz CT molecular complexity index is 910. The second-order valence-corrected chi connectivity index (χ2v) is 6.87. The second-order valence-electron chi connectivity index (χ2n) is 5.58. The van der Waals surface area contributed by atoms with Crippen molar-refractivity contribution in [2.24, 2.45) is 0 Å². The van der Waals surface area contributed by atoms with Gasteiger partial charge in [0.1, 0.15) is 5.01 Å². The Hall–Kier alpha value is -2.70. The molecule has 2 aromatic carbocycles. The van der Waals surface area contributed by atoms with E-state index in [1.165, 1.54) is 11.3 Å². The van der Waals surface area contributed by atoms with Gasteiger partial charge in [-0.1, -0.05) is 54.1 Å². The van der Waals surface area contributed by atoms with E-state index in [4.69, 9.17) is 11.6 Å². The molecule has 0 aliphatic heterocycles. The molecule has 0 bridgehead atoms. The number of amides is 1. The highest BCUT2D eigenvalue weighted by Crippen LogP contribution is 2.25. The van der Waals surface area contributed by atoms with E-state index in [2.05, 4.69) is 10.3 Å². The van der Waals surface area contributed by atoms with Crippen LogP contribution in [0.15, 0.2) is 60.0 Å². The zero-order valence-corrected chi connectivity index (χ0v) is 15.1. The third-order valence-electron chi connectivity index (χ3n) is 3.67. The minimum absolute atomic E-state index is 0.0146. The maximum Gasteiger partial charge on any atom is 0.330 e. The third kappa shape index (κ3) is 4.47. The maximum atomic E-state index is 12.3. The van der Waals surface area contributed by atoms with Crippen molar-refractivity contribution in [2.75, 3.05) is 0 Å². The van der Waals surface area contributed by atoms with E-state index in [1.807, 2.05) is 12.1 Å². The third-order valence-corrected chi connectivity index (χ3v) is 4.86. The Balaban J connectivity index is 1.68. The van der Waals surface area contributed by atoms with Gasteiger partial charge in [-0.05, 0) is 17.7 Å². The first-order valence-corrected chi connectivity index (χ1v) is 9.06. The van der Waals surface area contributed by atoms with Crippen LogP contribution in [0.5, 0.6) is 0 Å². The number of carboxylic acid groups (broad SMARTS) is 1. The SMILES string of the molecule is O=C(Cc1csc(-c2ccc(Cl)cc2)n1)N[C@H](C(=O)O)c1ccccc1. The van der Waals surface area contributed by atoms with Crippen molar-refractivity contribution < 1.29 is 14.7 Å². The molecule has 132 valence electrons. The molecule has 1 amide bonds. The summed E-state index contributed by atoms with van der Waals surface area (Å²) in [6.45, 7) is 0. The molecular formula is C19H15ClN2O3S. The van der Waals surface area contributed by atoms with Crippen molar-refractivity contribution in [2.45, 2.75) is 12.5 Å². The molecule has 1 atom stereocenters. The first-order chi connectivity index (χ1) is 12.5. The van der Waals surface area contributed by atoms with Crippen LogP contribution in [0.2, 0.25) is 5.02 Å². The molecule has 0 aliphatic rings. The lowest BCUT2D eigenvalue weighted by Crippen LogP contribution is -2.34. The summed E-state index contributed by atoms with van der Waals surface area (Å²) in [4.78, 5) is 28.2. The molecule has 3 aromatic rings. The summed E-state index contributed by atoms with van der Waals surface area (Å²) in [5, 5.41) is 15.1. The average molecular weight is 387 g/mol. The number of hydrogen-bond donors (Lipinski definition) is 2. The summed E-state index contributed by atoms with van der Waals surface area (Å²) in [6, 6.07) is 14.8. The first-order valence-electron chi connectivity index (χ1n) is 7.80. The summed E-state index contributed by atoms with van der Waals surface area (Å²) in [5.74, 6) is -1.50. The number of nitrogens with one attached hydrogen (secondary N) is 1. The lowest BCUT2D eigenvalue weighted by Gasteiger charge is -2.14. The largest absolute Gasteiger partial charge is 0.479 e. The van der Waals surface area contributed by atoms with Crippen LogP contribution in [0.1, 0.15) is 17.3 Å². The van der Waals surface area contributed by atoms with Crippen LogP contribution in [0, 0.1) is 0 Å². The highest BCUT2D eigenvalue weighted by atomic mass is 35.5. The molecule has 0 spiro atoms. The molecule has 0 unspecified atom stereocenters. The fourth-order valence-electron chi connectivity index (χ4n) is 2.42. The van der Waals surface area contributed by atoms with Crippen LogP contribution in [-0.2, 0) is 16.0 Å². The Morgan fingerprint density at radius 2 is 1.81 bits per heavy atom. The zero-order valence-electron chi connectivity index (χ0n) is 13.6. The van der Waals surface area contributed by atoms with Crippen LogP contribution in [-0.4, -0.2) is 22.0 Å². The van der Waals surface area contributed by atoms with Crippen LogP contribution >= 0.6 is 22.9 Å². The smallest absolute Gasteiger partial charge is 0.330 e. The van der Waals surface area contributed by atoms with Gasteiger partial charge in [0.2, 0.25) is 5.91 Å². The van der Waals surface area contributed by atoms with Gasteiger partial charge in [0, 0.05) is 16.0 Å². The Morgan fingerprint density at radius 1 is 1.12 bits per heavy atom. The highest BCUT2D eigenvalue weighted by molar-refractivity contribution is 7.13. The van der Waals surface area contributed by atoms with Crippen molar-refractivity contribution in [3.05, 3.63) is 76.3 Å². The maximum absolute atomic E-state index is 12.3. The molecule has 0 fully saturated rings. The number of carboxylic acids is 1. The summed E-state index contributed by atoms with van der Waals surface area (Å²) in [7, 11) is 0. The number of rotatable bonds is 6. The molecule has 0 radical (unpaired) electrons. The van der Waals surface area contributed by atoms with Gasteiger partial charge < -0.3 is 10.4 Å². The zero-order chi connectivity index (χ0) is 18.5. The van der Waals surface area contributed by atoms with Crippen molar-refractivity contribution in [3.8, 4) is 10.6 Å². The fraction of sp³-hybridized carbons (Fsp3) is 0.105. The number of hydrogen-bond acceptors (Lipinski definition) is 4. The number of carbonyl (C=O) groups excluding carboxylic acids is 1. The summed E-state index contributed by atoms with van der Waals surface area (Å²) >= 11 is 7.30. The first kappa shape index (κ1) is 18.1. The molecule has 7 heteroatoms. The van der Waals surface area contributed by atoms with Crippen LogP contribution < -0.4 is 5.32 Å². The van der Waals surface area contributed by atoms with Crippen molar-refractivity contribution in [3.63, 3.8) is 0 Å². The van der Waals surface area contributed by atoms with E-state index in [-0.39, 0.29) is 6.42 Å². The lowest BCUT2D eigenvalue weighted by molar-refractivity contribution is -0.142. The summed E-state index contributed by atoms with van der Waals surface area (Å²) in [6.07, 6.45) is 0.0146. The predicted molar refractivity (Wildman–Crippen MR) is 101 cm³/mol. The van der Waals surface area contributed by atoms with Crippen LogP contribution in [0.3, 0.4) is 0 Å². The number of aromatic nitrogens is 1. The van der Waals surface area contributed by atoms with E-state index in [0.29, 0.717) is 16.3 Å². The molecule has 0 saturated carbocycles. The van der Waals surface area contributed by atoms with Crippen LogP contribution in [0.4, 0.5) is 0 Å². The van der Waals surface area contributed by atoms with Crippen molar-refractivity contribution in [1.29, 1.82) is 0 Å². The van der Waals surface area contributed by atoms with Crippen molar-refractivity contribution in [1.82, 2.24) is 10.3 Å². The Morgan fingerprint density at radius 3 is 2.46 bits per heavy atom. The van der Waals surface area contributed by atoms with Gasteiger partial charge in [0.25, 0.3) is 0 Å². The Labute approximate surface area is 159 Å².